The summed E-state index contributed by atoms with van der Waals surface area (Å²) in [7, 11) is 0. The lowest BCUT2D eigenvalue weighted by Crippen LogP contribution is -2.46. The summed E-state index contributed by atoms with van der Waals surface area (Å²) in [6.07, 6.45) is 4.90. The van der Waals surface area contributed by atoms with Crippen LogP contribution in [-0.4, -0.2) is 79.9 Å². The van der Waals surface area contributed by atoms with Gasteiger partial charge in [-0.15, -0.1) is 11.3 Å². The maximum Gasteiger partial charge on any atom is 0.260 e. The molecule has 1 atom stereocenters. The molecule has 2 saturated heterocycles. The molecular formula is C32H35N5O3S. The van der Waals surface area contributed by atoms with Crippen molar-refractivity contribution in [3.63, 3.8) is 0 Å². The second kappa shape index (κ2) is 11.7. The number of carbonyl (C=O) groups excluding carboxylic acids is 1. The van der Waals surface area contributed by atoms with Crippen molar-refractivity contribution in [2.45, 2.75) is 25.2 Å². The number of amides is 1. The average molecular weight is 570 g/mol. The summed E-state index contributed by atoms with van der Waals surface area (Å²) in [5.74, 6) is 2.32. The molecule has 41 heavy (non-hydrogen) atoms. The number of morpholine rings is 1. The number of aromatic nitrogens is 2. The van der Waals surface area contributed by atoms with Crippen molar-refractivity contribution in [1.82, 2.24) is 14.9 Å². The third-order valence-corrected chi connectivity index (χ3v) is 9.77. The number of piperazine rings is 1. The maximum absolute atomic E-state index is 12.4. The van der Waals surface area contributed by atoms with Crippen molar-refractivity contribution >= 4 is 39.0 Å². The predicted molar refractivity (Wildman–Crippen MR) is 162 cm³/mol. The van der Waals surface area contributed by atoms with Gasteiger partial charge in [0.05, 0.1) is 18.6 Å². The van der Waals surface area contributed by atoms with Crippen LogP contribution in [-0.2, 0) is 22.4 Å². The number of nitrogens with zero attached hydrogens (tertiary/aromatic N) is 5. The van der Waals surface area contributed by atoms with Crippen molar-refractivity contribution in [2.75, 3.05) is 68.9 Å². The van der Waals surface area contributed by atoms with Crippen LogP contribution in [0, 0.1) is 0 Å². The van der Waals surface area contributed by atoms with E-state index in [2.05, 4.69) is 52.3 Å². The number of hydrogen-bond donors (Lipinski definition) is 0. The predicted octanol–water partition coefficient (Wildman–Crippen LogP) is 4.53. The number of rotatable bonds is 6. The van der Waals surface area contributed by atoms with Crippen LogP contribution in [0.2, 0.25) is 0 Å². The zero-order chi connectivity index (χ0) is 27.6. The summed E-state index contributed by atoms with van der Waals surface area (Å²) >= 11 is 1.84. The summed E-state index contributed by atoms with van der Waals surface area (Å²) in [6.45, 7) is 6.45. The van der Waals surface area contributed by atoms with E-state index in [-0.39, 0.29) is 12.5 Å². The molecule has 0 N–H and O–H groups in total. The van der Waals surface area contributed by atoms with Crippen molar-refractivity contribution in [3.05, 3.63) is 76.9 Å². The Morgan fingerprint density at radius 3 is 2.46 bits per heavy atom. The van der Waals surface area contributed by atoms with Gasteiger partial charge in [0.1, 0.15) is 22.7 Å². The van der Waals surface area contributed by atoms with E-state index < -0.39 is 0 Å². The molecule has 0 saturated carbocycles. The van der Waals surface area contributed by atoms with Crippen molar-refractivity contribution in [3.8, 4) is 5.75 Å². The molecule has 2 aromatic heterocycles. The summed E-state index contributed by atoms with van der Waals surface area (Å²) in [4.78, 5) is 31.2. The van der Waals surface area contributed by atoms with Gasteiger partial charge in [0.15, 0.2) is 6.61 Å². The largest absolute Gasteiger partial charge is 0.484 e. The van der Waals surface area contributed by atoms with Gasteiger partial charge in [-0.3, -0.25) is 4.79 Å². The molecule has 1 amide bonds. The summed E-state index contributed by atoms with van der Waals surface area (Å²) < 4.78 is 11.1. The number of carbonyl (C=O) groups is 1. The number of para-hydroxylation sites is 1. The van der Waals surface area contributed by atoms with E-state index in [0.29, 0.717) is 32.2 Å². The molecule has 4 aromatic rings. The molecule has 1 unspecified atom stereocenters. The number of thiophene rings is 1. The van der Waals surface area contributed by atoms with E-state index in [9.17, 15) is 4.79 Å². The molecule has 2 aliphatic heterocycles. The van der Waals surface area contributed by atoms with Gasteiger partial charge in [0.2, 0.25) is 0 Å². The van der Waals surface area contributed by atoms with Crippen LogP contribution in [0.15, 0.2) is 60.9 Å². The molecule has 212 valence electrons. The number of ether oxygens (including phenoxy) is 2. The van der Waals surface area contributed by atoms with Gasteiger partial charge in [-0.1, -0.05) is 30.3 Å². The van der Waals surface area contributed by atoms with Crippen LogP contribution in [0.5, 0.6) is 5.75 Å². The number of benzene rings is 2. The molecule has 2 aromatic carbocycles. The lowest BCUT2D eigenvalue weighted by molar-refractivity contribution is -0.137. The van der Waals surface area contributed by atoms with E-state index in [1.54, 1.807) is 6.33 Å². The van der Waals surface area contributed by atoms with Gasteiger partial charge >= 0.3 is 0 Å². The van der Waals surface area contributed by atoms with Gasteiger partial charge in [-0.25, -0.2) is 9.97 Å². The molecule has 4 heterocycles. The van der Waals surface area contributed by atoms with Crippen LogP contribution in [0.1, 0.15) is 28.3 Å². The molecule has 3 aliphatic rings. The number of fused-ring (bicyclic) bond motifs is 3. The third kappa shape index (κ3) is 5.48. The van der Waals surface area contributed by atoms with Gasteiger partial charge in [0, 0.05) is 49.8 Å². The molecular weight excluding hydrogens is 534 g/mol. The van der Waals surface area contributed by atoms with Crippen LogP contribution in [0.25, 0.3) is 10.2 Å². The smallest absolute Gasteiger partial charge is 0.260 e. The van der Waals surface area contributed by atoms with Crippen molar-refractivity contribution in [2.24, 2.45) is 0 Å². The number of anilines is 2. The second-order valence-electron chi connectivity index (χ2n) is 11.0. The summed E-state index contributed by atoms with van der Waals surface area (Å²) in [5, 5.41) is 1.27. The lowest BCUT2D eigenvalue weighted by atomic mass is 9.83. The number of hydrogen-bond acceptors (Lipinski definition) is 8. The van der Waals surface area contributed by atoms with Crippen molar-refractivity contribution in [1.29, 1.82) is 0 Å². The number of aryl methyl sites for hydroxylation is 1. The van der Waals surface area contributed by atoms with E-state index >= 15 is 0 Å². The van der Waals surface area contributed by atoms with Gasteiger partial charge in [-0.2, -0.15) is 0 Å². The quantitative estimate of drug-likeness (QED) is 0.338. The van der Waals surface area contributed by atoms with E-state index in [0.717, 1.165) is 61.8 Å². The Bertz CT molecular complexity index is 1500. The Kier molecular flexibility index (Phi) is 7.46. The molecule has 0 spiro atoms. The fourth-order valence-electron chi connectivity index (χ4n) is 6.32. The Morgan fingerprint density at radius 2 is 1.68 bits per heavy atom. The highest BCUT2D eigenvalue weighted by Gasteiger charge is 2.28. The Hall–Kier alpha value is -3.69. The highest BCUT2D eigenvalue weighted by Crippen LogP contribution is 2.43. The second-order valence-corrected chi connectivity index (χ2v) is 12.1. The van der Waals surface area contributed by atoms with Crippen LogP contribution in [0.3, 0.4) is 0 Å². The monoisotopic (exact) mass is 569 g/mol. The fraction of sp³-hybridized carbons (Fsp3) is 0.406. The first-order chi connectivity index (χ1) is 20.2. The maximum atomic E-state index is 12.4. The molecule has 7 rings (SSSR count). The van der Waals surface area contributed by atoms with E-state index in [4.69, 9.17) is 19.4 Å². The Morgan fingerprint density at radius 1 is 0.927 bits per heavy atom. The normalized spacial score (nSPS) is 19.3. The highest BCUT2D eigenvalue weighted by atomic mass is 32.1. The van der Waals surface area contributed by atoms with Gasteiger partial charge in [0.25, 0.3) is 5.91 Å². The zero-order valence-corrected chi connectivity index (χ0v) is 24.0. The average Bonchev–Trinajstić information content (AvgIpc) is 3.43. The minimum Gasteiger partial charge on any atom is -0.484 e. The molecule has 0 radical (unpaired) electrons. The molecule has 1 aliphatic carbocycles. The SMILES string of the molecule is O=C(COc1ccc(C2CCc3c(sc4ncnc(N5CCN(c6ccccc6)CC5)c34)C2)cc1)N1CCOCC1. The zero-order valence-electron chi connectivity index (χ0n) is 23.2. The van der Waals surface area contributed by atoms with Gasteiger partial charge in [-0.05, 0) is 60.6 Å². The molecule has 2 fully saturated rings. The molecule has 0 bridgehead atoms. The molecule has 8 nitrogen and oxygen atoms in total. The molecule has 9 heteroatoms. The standard InChI is InChI=1S/C32H35N5O3S/c38-29(36-16-18-39-19-17-36)21-40-26-9-6-23(7-10-26)24-8-11-27-28(20-24)41-32-30(27)31(33-22-34-32)37-14-12-35(13-15-37)25-4-2-1-3-5-25/h1-7,9-10,22,24H,8,11-21H2. The van der Waals surface area contributed by atoms with E-state index in [1.165, 1.54) is 27.1 Å². The minimum atomic E-state index is 0.0162. The first kappa shape index (κ1) is 26.2. The summed E-state index contributed by atoms with van der Waals surface area (Å²) in [5.41, 5.74) is 4.06. The lowest BCUT2D eigenvalue weighted by Gasteiger charge is -2.37. The van der Waals surface area contributed by atoms with Crippen molar-refractivity contribution < 1.29 is 14.3 Å². The highest BCUT2D eigenvalue weighted by molar-refractivity contribution is 7.19. The van der Waals surface area contributed by atoms with Crippen LogP contribution < -0.4 is 14.5 Å². The van der Waals surface area contributed by atoms with Gasteiger partial charge < -0.3 is 24.2 Å². The first-order valence-electron chi connectivity index (χ1n) is 14.6. The van der Waals surface area contributed by atoms with Crippen LogP contribution >= 0.6 is 11.3 Å². The van der Waals surface area contributed by atoms with Crippen LogP contribution in [0.4, 0.5) is 11.5 Å². The Balaban J connectivity index is 1.01. The fourth-order valence-corrected chi connectivity index (χ4v) is 7.58. The third-order valence-electron chi connectivity index (χ3n) is 8.60. The topological polar surface area (TPSA) is 71.0 Å². The first-order valence-corrected chi connectivity index (χ1v) is 15.4. The Labute approximate surface area is 244 Å². The van der Waals surface area contributed by atoms with E-state index in [1.807, 2.05) is 28.4 Å². The minimum absolute atomic E-state index is 0.0162. The summed E-state index contributed by atoms with van der Waals surface area (Å²) in [6, 6.07) is 19.0.